The Bertz CT molecular complexity index is 1330. The molecule has 0 bridgehead atoms. The van der Waals surface area contributed by atoms with E-state index >= 15 is 0 Å². The molecule has 216 valence electrons. The standard InChI is InChI=1S/C29H32ClF3N2O4S/c1-39-19-7-8-23-20(17-19)26(22(30)18-34-23)24(36)9-10-28(27(37)38)11-14-35(15-12-28)13-4-16-40-25-6-3-2-5-21(25)29(31,32)33/h2-3,5-8,17-18,24,36H,4,9-16H2,1H3,(H,37,38). The summed E-state index contributed by atoms with van der Waals surface area (Å²) in [6.07, 6.45) is -1.82. The number of thioether (sulfide) groups is 1. The molecular formula is C29H32ClF3N2O4S. The van der Waals surface area contributed by atoms with Gasteiger partial charge in [0.2, 0.25) is 0 Å². The van der Waals surface area contributed by atoms with Crippen LogP contribution in [-0.2, 0) is 11.0 Å². The van der Waals surface area contributed by atoms with Crippen LogP contribution in [0.4, 0.5) is 13.2 Å². The first kappa shape index (κ1) is 30.4. The predicted octanol–water partition coefficient (Wildman–Crippen LogP) is 7.08. The third-order valence-electron chi connectivity index (χ3n) is 7.63. The number of hydrogen-bond acceptors (Lipinski definition) is 6. The van der Waals surface area contributed by atoms with Crippen LogP contribution in [0.5, 0.6) is 5.75 Å². The molecular weight excluding hydrogens is 565 g/mol. The maximum absolute atomic E-state index is 13.2. The number of hydrogen-bond donors (Lipinski definition) is 2. The summed E-state index contributed by atoms with van der Waals surface area (Å²) < 4.78 is 45.0. The largest absolute Gasteiger partial charge is 0.497 e. The average molecular weight is 597 g/mol. The van der Waals surface area contributed by atoms with E-state index in [2.05, 4.69) is 9.88 Å². The van der Waals surface area contributed by atoms with Gasteiger partial charge in [0.05, 0.1) is 34.7 Å². The third-order valence-corrected chi connectivity index (χ3v) is 9.09. The summed E-state index contributed by atoms with van der Waals surface area (Å²) in [6, 6.07) is 10.9. The van der Waals surface area contributed by atoms with E-state index in [1.807, 2.05) is 0 Å². The van der Waals surface area contributed by atoms with E-state index in [0.717, 1.165) is 6.07 Å². The van der Waals surface area contributed by atoms with Crippen LogP contribution in [-0.4, -0.2) is 58.6 Å². The van der Waals surface area contributed by atoms with Gasteiger partial charge in [0.1, 0.15) is 5.75 Å². The lowest BCUT2D eigenvalue weighted by molar-refractivity contribution is -0.153. The Labute approximate surface area is 240 Å². The Hall–Kier alpha value is -2.53. The summed E-state index contributed by atoms with van der Waals surface area (Å²) in [5.41, 5.74) is -0.425. The molecule has 2 aromatic carbocycles. The molecule has 0 saturated carbocycles. The van der Waals surface area contributed by atoms with Gasteiger partial charge in [-0.25, -0.2) is 0 Å². The number of methoxy groups -OCH3 is 1. The minimum atomic E-state index is -4.38. The van der Waals surface area contributed by atoms with Gasteiger partial charge in [0, 0.05) is 22.0 Å². The molecule has 0 amide bonds. The van der Waals surface area contributed by atoms with E-state index in [1.165, 1.54) is 30.1 Å². The number of aliphatic carboxylic acids is 1. The Morgan fingerprint density at radius 3 is 2.62 bits per heavy atom. The molecule has 0 spiro atoms. The van der Waals surface area contributed by atoms with Crippen molar-refractivity contribution < 1.29 is 32.9 Å². The highest BCUT2D eigenvalue weighted by molar-refractivity contribution is 7.99. The minimum absolute atomic E-state index is 0.220. The van der Waals surface area contributed by atoms with Crippen molar-refractivity contribution in [3.63, 3.8) is 0 Å². The van der Waals surface area contributed by atoms with Crippen molar-refractivity contribution in [3.8, 4) is 5.75 Å². The van der Waals surface area contributed by atoms with Crippen molar-refractivity contribution in [1.82, 2.24) is 9.88 Å². The summed E-state index contributed by atoms with van der Waals surface area (Å²) in [5, 5.41) is 22.2. The van der Waals surface area contributed by atoms with Gasteiger partial charge >= 0.3 is 12.1 Å². The highest BCUT2D eigenvalue weighted by Gasteiger charge is 2.41. The second kappa shape index (κ2) is 13.0. The highest BCUT2D eigenvalue weighted by atomic mass is 35.5. The van der Waals surface area contributed by atoms with E-state index in [1.54, 1.807) is 31.4 Å². The number of carboxylic acid groups (broad SMARTS) is 1. The Morgan fingerprint density at radius 1 is 1.23 bits per heavy atom. The van der Waals surface area contributed by atoms with E-state index in [9.17, 15) is 28.2 Å². The van der Waals surface area contributed by atoms with Gasteiger partial charge in [0.15, 0.2) is 0 Å². The van der Waals surface area contributed by atoms with Crippen LogP contribution in [0.2, 0.25) is 5.02 Å². The van der Waals surface area contributed by atoms with Gasteiger partial charge < -0.3 is 19.8 Å². The van der Waals surface area contributed by atoms with Gasteiger partial charge in [-0.3, -0.25) is 9.78 Å². The SMILES string of the molecule is COc1ccc2ncc(Cl)c(C(O)CCC3(C(=O)O)CCN(CCCSc4ccccc4C(F)(F)F)CC3)c2c1. The number of aromatic nitrogens is 1. The summed E-state index contributed by atoms with van der Waals surface area (Å²) in [5.74, 6) is 0.249. The van der Waals surface area contributed by atoms with Gasteiger partial charge in [0.25, 0.3) is 0 Å². The molecule has 1 atom stereocenters. The van der Waals surface area contributed by atoms with Crippen molar-refractivity contribution in [2.45, 2.75) is 49.3 Å². The molecule has 0 aliphatic carbocycles. The molecule has 3 aromatic rings. The van der Waals surface area contributed by atoms with E-state index in [-0.39, 0.29) is 17.7 Å². The minimum Gasteiger partial charge on any atom is -0.497 e. The summed E-state index contributed by atoms with van der Waals surface area (Å²) in [7, 11) is 1.55. The van der Waals surface area contributed by atoms with Gasteiger partial charge in [-0.15, -0.1) is 11.8 Å². The number of alkyl halides is 3. The van der Waals surface area contributed by atoms with Crippen molar-refractivity contribution >= 4 is 40.2 Å². The monoisotopic (exact) mass is 596 g/mol. The topological polar surface area (TPSA) is 82.9 Å². The van der Waals surface area contributed by atoms with Crippen LogP contribution in [0.1, 0.15) is 49.3 Å². The molecule has 1 fully saturated rings. The van der Waals surface area contributed by atoms with Crippen LogP contribution in [0.3, 0.4) is 0 Å². The lowest BCUT2D eigenvalue weighted by Crippen LogP contribution is -2.44. The first-order chi connectivity index (χ1) is 19.0. The van der Waals surface area contributed by atoms with E-state index in [0.29, 0.717) is 71.9 Å². The predicted molar refractivity (Wildman–Crippen MR) is 150 cm³/mol. The first-order valence-corrected chi connectivity index (χ1v) is 14.5. The molecule has 6 nitrogen and oxygen atoms in total. The zero-order chi connectivity index (χ0) is 28.9. The number of benzene rings is 2. The number of ether oxygens (including phenoxy) is 1. The number of halogens is 4. The number of carbonyl (C=O) groups is 1. The van der Waals surface area contributed by atoms with Crippen molar-refractivity contribution in [2.75, 3.05) is 32.5 Å². The lowest BCUT2D eigenvalue weighted by Gasteiger charge is -2.39. The quantitative estimate of drug-likeness (QED) is 0.181. The van der Waals surface area contributed by atoms with Crippen LogP contribution < -0.4 is 4.74 Å². The number of fused-ring (bicyclic) bond motifs is 1. The summed E-state index contributed by atoms with van der Waals surface area (Å²) in [4.78, 5) is 19.1. The molecule has 0 radical (unpaired) electrons. The molecule has 1 saturated heterocycles. The third kappa shape index (κ3) is 7.02. The number of piperidine rings is 1. The van der Waals surface area contributed by atoms with Crippen LogP contribution in [0.25, 0.3) is 10.9 Å². The van der Waals surface area contributed by atoms with Crippen molar-refractivity contribution in [1.29, 1.82) is 0 Å². The summed E-state index contributed by atoms with van der Waals surface area (Å²) >= 11 is 7.61. The number of likely N-dealkylation sites (tertiary alicyclic amines) is 1. The Balaban J connectivity index is 1.32. The number of pyridine rings is 1. The Morgan fingerprint density at radius 2 is 1.95 bits per heavy atom. The number of nitrogens with zero attached hydrogens (tertiary/aromatic N) is 2. The molecule has 4 rings (SSSR count). The molecule has 1 unspecified atom stereocenters. The fourth-order valence-electron chi connectivity index (χ4n) is 5.26. The average Bonchev–Trinajstić information content (AvgIpc) is 2.94. The second-order valence-electron chi connectivity index (χ2n) is 10.1. The molecule has 1 aliphatic rings. The number of aliphatic hydroxyl groups is 1. The molecule has 2 heterocycles. The molecule has 11 heteroatoms. The second-order valence-corrected chi connectivity index (χ2v) is 11.6. The zero-order valence-corrected chi connectivity index (χ0v) is 23.7. The molecule has 2 N–H and O–H groups in total. The number of rotatable bonds is 11. The van der Waals surface area contributed by atoms with Gasteiger partial charge in [-0.05, 0) is 87.8 Å². The number of aliphatic hydroxyl groups excluding tert-OH is 1. The normalized spacial score (nSPS) is 16.6. The van der Waals surface area contributed by atoms with Crippen LogP contribution >= 0.6 is 23.4 Å². The summed E-state index contributed by atoms with van der Waals surface area (Å²) in [6.45, 7) is 1.82. The van der Waals surface area contributed by atoms with Gasteiger partial charge in [-0.1, -0.05) is 23.7 Å². The van der Waals surface area contributed by atoms with Crippen LogP contribution in [0, 0.1) is 5.41 Å². The molecule has 1 aromatic heterocycles. The number of carboxylic acids is 1. The maximum Gasteiger partial charge on any atom is 0.417 e. The first-order valence-electron chi connectivity index (χ1n) is 13.1. The maximum atomic E-state index is 13.2. The van der Waals surface area contributed by atoms with Crippen LogP contribution in [0.15, 0.2) is 53.6 Å². The van der Waals surface area contributed by atoms with E-state index < -0.39 is 29.2 Å². The van der Waals surface area contributed by atoms with Crippen molar-refractivity contribution in [3.05, 3.63) is 64.8 Å². The fourth-order valence-corrected chi connectivity index (χ4v) is 6.55. The smallest absolute Gasteiger partial charge is 0.417 e. The zero-order valence-electron chi connectivity index (χ0n) is 22.1. The lowest BCUT2D eigenvalue weighted by atomic mass is 9.74. The van der Waals surface area contributed by atoms with Gasteiger partial charge in [-0.2, -0.15) is 13.2 Å². The van der Waals surface area contributed by atoms with E-state index in [4.69, 9.17) is 16.3 Å². The fraction of sp³-hybridized carbons (Fsp3) is 0.448. The molecule has 1 aliphatic heterocycles. The Kier molecular flexibility index (Phi) is 9.87. The van der Waals surface area contributed by atoms with Crippen molar-refractivity contribution in [2.24, 2.45) is 5.41 Å². The molecule has 40 heavy (non-hydrogen) atoms. The highest BCUT2D eigenvalue weighted by Crippen LogP contribution is 2.41.